The molecule has 0 saturated carbocycles. The Morgan fingerprint density at radius 1 is 0.407 bits per heavy atom. The summed E-state index contributed by atoms with van der Waals surface area (Å²) in [5.74, 6) is 0. The van der Waals surface area contributed by atoms with Crippen molar-refractivity contribution in [1.29, 1.82) is 0 Å². The van der Waals surface area contributed by atoms with Crippen molar-refractivity contribution in [2.75, 3.05) is 13.2 Å². The third kappa shape index (κ3) is 16.6. The van der Waals surface area contributed by atoms with Gasteiger partial charge in [-0.3, -0.25) is 0 Å². The lowest BCUT2D eigenvalue weighted by atomic mass is 9.79. The first-order valence-corrected chi connectivity index (χ1v) is 12.5. The highest BCUT2D eigenvalue weighted by atomic mass is 16.3. The summed E-state index contributed by atoms with van der Waals surface area (Å²) in [6.45, 7) is 4.80. The summed E-state index contributed by atoms with van der Waals surface area (Å²) in [6.07, 6.45) is 26.1. The van der Waals surface area contributed by atoms with E-state index in [2.05, 4.69) is 13.8 Å². The standard InChI is InChI=1S/C25H52O2/c1-3-5-7-9-10-11-12-13-14-15-16-17-18-20-22-25(23-26,24-27)21-19-8-6-4-2/h26-27H,3-24H2,1-2H3. The molecule has 0 aromatic heterocycles. The van der Waals surface area contributed by atoms with Crippen LogP contribution in [0.4, 0.5) is 0 Å². The molecule has 2 N–H and O–H groups in total. The largest absolute Gasteiger partial charge is 0.396 e. The molecule has 0 saturated heterocycles. The first-order valence-electron chi connectivity index (χ1n) is 12.5. The van der Waals surface area contributed by atoms with Crippen molar-refractivity contribution in [1.82, 2.24) is 0 Å². The van der Waals surface area contributed by atoms with E-state index in [0.29, 0.717) is 0 Å². The molecule has 0 unspecified atom stereocenters. The van der Waals surface area contributed by atoms with Crippen molar-refractivity contribution >= 4 is 0 Å². The maximum absolute atomic E-state index is 9.78. The molecule has 0 aliphatic heterocycles. The highest BCUT2D eigenvalue weighted by molar-refractivity contribution is 4.78. The van der Waals surface area contributed by atoms with E-state index in [0.717, 1.165) is 25.7 Å². The lowest BCUT2D eigenvalue weighted by molar-refractivity contribution is 0.0353. The Balaban J connectivity index is 3.49. The summed E-state index contributed by atoms with van der Waals surface area (Å²) in [6, 6.07) is 0. The smallest absolute Gasteiger partial charge is 0.0509 e. The summed E-state index contributed by atoms with van der Waals surface area (Å²) >= 11 is 0. The van der Waals surface area contributed by atoms with Gasteiger partial charge in [-0.15, -0.1) is 0 Å². The van der Waals surface area contributed by atoms with Gasteiger partial charge in [0.1, 0.15) is 0 Å². The van der Waals surface area contributed by atoms with Gasteiger partial charge in [-0.05, 0) is 12.8 Å². The summed E-state index contributed by atoms with van der Waals surface area (Å²) in [5, 5.41) is 19.6. The molecule has 0 fully saturated rings. The van der Waals surface area contributed by atoms with Crippen LogP contribution in [0, 0.1) is 5.41 Å². The van der Waals surface area contributed by atoms with Crippen LogP contribution in [0.1, 0.15) is 142 Å². The molecule has 2 nitrogen and oxygen atoms in total. The minimum absolute atomic E-state index is 0.147. The Hall–Kier alpha value is -0.0800. The molecule has 0 atom stereocenters. The Bertz CT molecular complexity index is 273. The molecule has 0 aromatic rings. The first kappa shape index (κ1) is 26.9. The van der Waals surface area contributed by atoms with Crippen molar-refractivity contribution in [3.63, 3.8) is 0 Å². The second kappa shape index (κ2) is 20.6. The van der Waals surface area contributed by atoms with Crippen LogP contribution < -0.4 is 0 Å². The van der Waals surface area contributed by atoms with Gasteiger partial charge < -0.3 is 10.2 Å². The van der Waals surface area contributed by atoms with E-state index in [1.165, 1.54) is 103 Å². The molecule has 0 heterocycles. The SMILES string of the molecule is CCCCCCCCCCCCCCCCC(CO)(CO)CCCCCC. The number of hydrogen-bond donors (Lipinski definition) is 2. The van der Waals surface area contributed by atoms with Gasteiger partial charge in [0, 0.05) is 5.41 Å². The van der Waals surface area contributed by atoms with Crippen LogP contribution in [-0.2, 0) is 0 Å². The fourth-order valence-electron chi connectivity index (χ4n) is 4.11. The molecule has 0 spiro atoms. The van der Waals surface area contributed by atoms with Gasteiger partial charge in [0.25, 0.3) is 0 Å². The van der Waals surface area contributed by atoms with Crippen molar-refractivity contribution in [2.45, 2.75) is 142 Å². The maximum Gasteiger partial charge on any atom is 0.0509 e. The quantitative estimate of drug-likeness (QED) is 0.187. The van der Waals surface area contributed by atoms with Crippen LogP contribution >= 0.6 is 0 Å². The van der Waals surface area contributed by atoms with Gasteiger partial charge in [-0.1, -0.05) is 129 Å². The normalized spacial score (nSPS) is 12.0. The Morgan fingerprint density at radius 2 is 0.667 bits per heavy atom. The van der Waals surface area contributed by atoms with Gasteiger partial charge in [0.15, 0.2) is 0 Å². The van der Waals surface area contributed by atoms with Gasteiger partial charge in [0.2, 0.25) is 0 Å². The van der Waals surface area contributed by atoms with E-state index in [-0.39, 0.29) is 18.6 Å². The fourth-order valence-corrected chi connectivity index (χ4v) is 4.11. The fraction of sp³-hybridized carbons (Fsp3) is 1.00. The molecule has 0 amide bonds. The van der Waals surface area contributed by atoms with Crippen LogP contribution in [0.15, 0.2) is 0 Å². The van der Waals surface area contributed by atoms with Gasteiger partial charge in [-0.25, -0.2) is 0 Å². The minimum Gasteiger partial charge on any atom is -0.396 e. The van der Waals surface area contributed by atoms with Crippen LogP contribution in [-0.4, -0.2) is 23.4 Å². The summed E-state index contributed by atoms with van der Waals surface area (Å²) in [7, 11) is 0. The lowest BCUT2D eigenvalue weighted by Crippen LogP contribution is -2.29. The predicted molar refractivity (Wildman–Crippen MR) is 120 cm³/mol. The van der Waals surface area contributed by atoms with Crippen molar-refractivity contribution in [3.05, 3.63) is 0 Å². The molecule has 0 aliphatic rings. The molecule has 0 aromatic carbocycles. The number of hydrogen-bond acceptors (Lipinski definition) is 2. The highest BCUT2D eigenvalue weighted by Crippen LogP contribution is 2.31. The zero-order valence-corrected chi connectivity index (χ0v) is 19.0. The molecule has 0 bridgehead atoms. The number of aliphatic hydroxyl groups is 2. The Kier molecular flexibility index (Phi) is 20.6. The molecule has 0 aliphatic carbocycles. The average Bonchev–Trinajstić information content (AvgIpc) is 2.70. The average molecular weight is 385 g/mol. The zero-order valence-electron chi connectivity index (χ0n) is 19.0. The van der Waals surface area contributed by atoms with Crippen LogP contribution in [0.2, 0.25) is 0 Å². The molecule has 2 heteroatoms. The molecular formula is C25H52O2. The topological polar surface area (TPSA) is 40.5 Å². The molecule has 0 radical (unpaired) electrons. The number of aliphatic hydroxyl groups excluding tert-OH is 2. The van der Waals surface area contributed by atoms with E-state index in [4.69, 9.17) is 0 Å². The van der Waals surface area contributed by atoms with Crippen molar-refractivity contribution in [2.24, 2.45) is 5.41 Å². The third-order valence-corrected chi connectivity index (χ3v) is 6.29. The van der Waals surface area contributed by atoms with Gasteiger partial charge in [-0.2, -0.15) is 0 Å². The summed E-state index contributed by atoms with van der Waals surface area (Å²) < 4.78 is 0. The van der Waals surface area contributed by atoms with Crippen molar-refractivity contribution in [3.8, 4) is 0 Å². The highest BCUT2D eigenvalue weighted by Gasteiger charge is 2.27. The van der Waals surface area contributed by atoms with Crippen LogP contribution in [0.5, 0.6) is 0 Å². The first-order chi connectivity index (χ1) is 13.2. The summed E-state index contributed by atoms with van der Waals surface area (Å²) in [4.78, 5) is 0. The van der Waals surface area contributed by atoms with Crippen LogP contribution in [0.25, 0.3) is 0 Å². The lowest BCUT2D eigenvalue weighted by Gasteiger charge is -2.30. The molecule has 0 rings (SSSR count). The zero-order chi connectivity index (χ0) is 20.1. The summed E-state index contributed by atoms with van der Waals surface area (Å²) in [5.41, 5.74) is -0.217. The second-order valence-electron chi connectivity index (χ2n) is 8.97. The van der Waals surface area contributed by atoms with E-state index < -0.39 is 0 Å². The number of rotatable bonds is 22. The van der Waals surface area contributed by atoms with E-state index in [1.807, 2.05) is 0 Å². The number of unbranched alkanes of at least 4 members (excludes halogenated alkanes) is 16. The third-order valence-electron chi connectivity index (χ3n) is 6.29. The van der Waals surface area contributed by atoms with Crippen LogP contribution in [0.3, 0.4) is 0 Å². The van der Waals surface area contributed by atoms with Gasteiger partial charge in [0.05, 0.1) is 13.2 Å². The van der Waals surface area contributed by atoms with E-state index >= 15 is 0 Å². The van der Waals surface area contributed by atoms with Gasteiger partial charge >= 0.3 is 0 Å². The molecule has 27 heavy (non-hydrogen) atoms. The maximum atomic E-state index is 9.78. The monoisotopic (exact) mass is 384 g/mol. The van der Waals surface area contributed by atoms with Crippen molar-refractivity contribution < 1.29 is 10.2 Å². The predicted octanol–water partition coefficient (Wildman–Crippen LogP) is 7.80. The van der Waals surface area contributed by atoms with E-state index in [9.17, 15) is 10.2 Å². The second-order valence-corrected chi connectivity index (χ2v) is 8.97. The minimum atomic E-state index is -0.217. The molecule has 164 valence electrons. The molecular weight excluding hydrogens is 332 g/mol. The Labute approximate surface area is 171 Å². The van der Waals surface area contributed by atoms with E-state index in [1.54, 1.807) is 0 Å². The Morgan fingerprint density at radius 3 is 0.963 bits per heavy atom.